The van der Waals surface area contributed by atoms with Gasteiger partial charge in [-0.1, -0.05) is 18.2 Å². The van der Waals surface area contributed by atoms with Crippen LogP contribution in [0.4, 0.5) is 4.39 Å². The van der Waals surface area contributed by atoms with Crippen LogP contribution in [0.15, 0.2) is 29.3 Å². The van der Waals surface area contributed by atoms with Gasteiger partial charge in [0.25, 0.3) is 0 Å². The molecule has 0 amide bonds. The number of nitrogens with zero attached hydrogens (tertiary/aromatic N) is 1. The Morgan fingerprint density at radius 1 is 1.26 bits per heavy atom. The van der Waals surface area contributed by atoms with Gasteiger partial charge in [-0.25, -0.2) is 4.39 Å². The summed E-state index contributed by atoms with van der Waals surface area (Å²) < 4.78 is 18.7. The number of thioether (sulfide) groups is 1. The zero-order valence-electron chi connectivity index (χ0n) is 13.8. The standard InChI is InChI=1S/C16H26FN3OS.HI/c1-3-18-16(19-9-11-21-4-2)20-10-12-22-13-14-7-5-6-8-15(14)17;/h5-8H,3-4,9-13H2,1-2H3,(H2,18,19,20);1H. The third-order valence-corrected chi connectivity index (χ3v) is 3.82. The summed E-state index contributed by atoms with van der Waals surface area (Å²) in [6, 6.07) is 6.91. The van der Waals surface area contributed by atoms with Crippen LogP contribution >= 0.6 is 35.7 Å². The molecule has 1 rings (SSSR count). The molecule has 1 aromatic rings. The van der Waals surface area contributed by atoms with Crippen molar-refractivity contribution in [2.45, 2.75) is 19.6 Å². The SMILES string of the molecule is CCNC(=NCCOCC)NCCSCc1ccccc1F.I. The molecule has 23 heavy (non-hydrogen) atoms. The number of ether oxygens (including phenoxy) is 1. The van der Waals surface area contributed by atoms with E-state index >= 15 is 0 Å². The van der Waals surface area contributed by atoms with Gasteiger partial charge in [-0.2, -0.15) is 11.8 Å². The monoisotopic (exact) mass is 455 g/mol. The third-order valence-electron chi connectivity index (χ3n) is 2.81. The van der Waals surface area contributed by atoms with Crippen molar-refractivity contribution in [1.82, 2.24) is 10.6 Å². The van der Waals surface area contributed by atoms with Crippen molar-refractivity contribution in [3.63, 3.8) is 0 Å². The Morgan fingerprint density at radius 3 is 2.74 bits per heavy atom. The second kappa shape index (κ2) is 15.0. The fraction of sp³-hybridized carbons (Fsp3) is 0.562. The summed E-state index contributed by atoms with van der Waals surface area (Å²) in [5.41, 5.74) is 0.754. The molecule has 0 aliphatic rings. The van der Waals surface area contributed by atoms with Crippen molar-refractivity contribution in [2.24, 2.45) is 4.99 Å². The highest BCUT2D eigenvalue weighted by atomic mass is 127. The maximum atomic E-state index is 13.5. The van der Waals surface area contributed by atoms with E-state index in [0.717, 1.165) is 30.4 Å². The van der Waals surface area contributed by atoms with Crippen LogP contribution < -0.4 is 10.6 Å². The minimum absolute atomic E-state index is 0. The van der Waals surface area contributed by atoms with Crippen LogP contribution in [0.25, 0.3) is 0 Å². The summed E-state index contributed by atoms with van der Waals surface area (Å²) in [7, 11) is 0. The lowest BCUT2D eigenvalue weighted by Gasteiger charge is -2.11. The molecule has 0 heterocycles. The van der Waals surface area contributed by atoms with E-state index in [-0.39, 0.29) is 29.8 Å². The minimum atomic E-state index is -0.131. The zero-order chi connectivity index (χ0) is 16.0. The van der Waals surface area contributed by atoms with Crippen LogP contribution in [-0.2, 0) is 10.5 Å². The predicted octanol–water partition coefficient (Wildman–Crippen LogP) is 3.27. The van der Waals surface area contributed by atoms with Crippen molar-refractivity contribution in [3.05, 3.63) is 35.6 Å². The number of aliphatic imine (C=N–C) groups is 1. The Kier molecular flexibility index (Phi) is 14.7. The molecule has 0 radical (unpaired) electrons. The van der Waals surface area contributed by atoms with E-state index in [4.69, 9.17) is 4.74 Å². The van der Waals surface area contributed by atoms with Gasteiger partial charge < -0.3 is 15.4 Å². The van der Waals surface area contributed by atoms with Gasteiger partial charge in [0.2, 0.25) is 0 Å². The number of hydrogen-bond acceptors (Lipinski definition) is 3. The Labute approximate surface area is 160 Å². The summed E-state index contributed by atoms with van der Waals surface area (Å²) in [6.45, 7) is 7.61. The fourth-order valence-electron chi connectivity index (χ4n) is 1.75. The second-order valence-electron chi connectivity index (χ2n) is 4.53. The number of halogens is 2. The van der Waals surface area contributed by atoms with Crippen LogP contribution in [0.1, 0.15) is 19.4 Å². The molecule has 0 bridgehead atoms. The van der Waals surface area contributed by atoms with E-state index in [0.29, 0.717) is 25.5 Å². The Hall–Kier alpha value is -0.540. The summed E-state index contributed by atoms with van der Waals surface area (Å²) in [5.74, 6) is 2.25. The van der Waals surface area contributed by atoms with E-state index in [1.165, 1.54) is 6.07 Å². The number of guanidine groups is 1. The fourth-order valence-corrected chi connectivity index (χ4v) is 2.59. The van der Waals surface area contributed by atoms with Crippen molar-refractivity contribution < 1.29 is 9.13 Å². The molecule has 0 fully saturated rings. The van der Waals surface area contributed by atoms with Gasteiger partial charge in [0.05, 0.1) is 13.2 Å². The minimum Gasteiger partial charge on any atom is -0.380 e. The highest BCUT2D eigenvalue weighted by molar-refractivity contribution is 14.0. The van der Waals surface area contributed by atoms with Gasteiger partial charge >= 0.3 is 0 Å². The molecule has 0 saturated carbocycles. The van der Waals surface area contributed by atoms with Crippen molar-refractivity contribution >= 4 is 41.7 Å². The molecule has 132 valence electrons. The maximum Gasteiger partial charge on any atom is 0.191 e. The normalized spacial score (nSPS) is 11.0. The maximum absolute atomic E-state index is 13.5. The lowest BCUT2D eigenvalue weighted by molar-refractivity contribution is 0.155. The highest BCUT2D eigenvalue weighted by Gasteiger charge is 2.01. The molecule has 0 aliphatic carbocycles. The molecular weight excluding hydrogens is 428 g/mol. The highest BCUT2D eigenvalue weighted by Crippen LogP contribution is 2.14. The van der Waals surface area contributed by atoms with Crippen molar-refractivity contribution in [2.75, 3.05) is 38.6 Å². The zero-order valence-corrected chi connectivity index (χ0v) is 17.0. The first-order valence-corrected chi connectivity index (χ1v) is 8.84. The third kappa shape index (κ3) is 10.8. The van der Waals surface area contributed by atoms with E-state index in [1.54, 1.807) is 17.8 Å². The molecule has 1 aromatic carbocycles. The van der Waals surface area contributed by atoms with Crippen molar-refractivity contribution in [1.29, 1.82) is 0 Å². The Balaban J connectivity index is 0.00000484. The molecule has 7 heteroatoms. The van der Waals surface area contributed by atoms with Crippen LogP contribution in [0.2, 0.25) is 0 Å². The van der Waals surface area contributed by atoms with Crippen LogP contribution in [0.5, 0.6) is 0 Å². The number of hydrogen-bond donors (Lipinski definition) is 2. The predicted molar refractivity (Wildman–Crippen MR) is 108 cm³/mol. The quantitative estimate of drug-likeness (QED) is 0.246. The van der Waals surface area contributed by atoms with Gasteiger partial charge in [-0.15, -0.1) is 24.0 Å². The largest absolute Gasteiger partial charge is 0.380 e. The lowest BCUT2D eigenvalue weighted by Crippen LogP contribution is -2.38. The Bertz CT molecular complexity index is 449. The molecular formula is C16H27FIN3OS. The number of rotatable bonds is 10. The average molecular weight is 455 g/mol. The number of benzene rings is 1. The summed E-state index contributed by atoms with van der Waals surface area (Å²) >= 11 is 1.70. The van der Waals surface area contributed by atoms with Crippen molar-refractivity contribution in [3.8, 4) is 0 Å². The van der Waals surface area contributed by atoms with E-state index in [2.05, 4.69) is 15.6 Å². The summed E-state index contributed by atoms with van der Waals surface area (Å²) in [5, 5.41) is 6.46. The summed E-state index contributed by atoms with van der Waals surface area (Å²) in [4.78, 5) is 4.42. The molecule has 4 nitrogen and oxygen atoms in total. The molecule has 0 saturated heterocycles. The molecule has 0 unspecified atom stereocenters. The lowest BCUT2D eigenvalue weighted by atomic mass is 10.2. The van der Waals surface area contributed by atoms with E-state index in [1.807, 2.05) is 26.0 Å². The van der Waals surface area contributed by atoms with Crippen LogP contribution in [-0.4, -0.2) is 44.6 Å². The molecule has 2 N–H and O–H groups in total. The second-order valence-corrected chi connectivity index (χ2v) is 5.63. The Morgan fingerprint density at radius 2 is 2.04 bits per heavy atom. The molecule has 0 aliphatic heterocycles. The first-order valence-electron chi connectivity index (χ1n) is 7.69. The smallest absolute Gasteiger partial charge is 0.191 e. The molecule has 0 atom stereocenters. The topological polar surface area (TPSA) is 45.7 Å². The first kappa shape index (κ1) is 22.5. The summed E-state index contributed by atoms with van der Waals surface area (Å²) in [6.07, 6.45) is 0. The van der Waals surface area contributed by atoms with E-state index in [9.17, 15) is 4.39 Å². The van der Waals surface area contributed by atoms with Gasteiger partial charge in [-0.05, 0) is 25.5 Å². The number of nitrogens with one attached hydrogen (secondary N) is 2. The average Bonchev–Trinajstić information content (AvgIpc) is 2.52. The van der Waals surface area contributed by atoms with Crippen LogP contribution in [0.3, 0.4) is 0 Å². The van der Waals surface area contributed by atoms with Gasteiger partial charge in [0.15, 0.2) is 5.96 Å². The van der Waals surface area contributed by atoms with Crippen LogP contribution in [0, 0.1) is 5.82 Å². The van der Waals surface area contributed by atoms with E-state index < -0.39 is 0 Å². The van der Waals surface area contributed by atoms with Gasteiger partial charge in [0.1, 0.15) is 5.82 Å². The first-order chi connectivity index (χ1) is 10.8. The van der Waals surface area contributed by atoms with Gasteiger partial charge in [-0.3, -0.25) is 4.99 Å². The molecule has 0 spiro atoms. The molecule has 0 aromatic heterocycles. The van der Waals surface area contributed by atoms with Gasteiger partial charge in [0, 0.05) is 31.2 Å².